The Morgan fingerprint density at radius 3 is 2.32 bits per heavy atom. The van der Waals surface area contributed by atoms with Gasteiger partial charge in [0, 0.05) is 22.8 Å². The van der Waals surface area contributed by atoms with Gasteiger partial charge in [0.25, 0.3) is 0 Å². The van der Waals surface area contributed by atoms with E-state index in [2.05, 4.69) is 0 Å². The van der Waals surface area contributed by atoms with Crippen LogP contribution in [-0.4, -0.2) is 30.0 Å². The van der Waals surface area contributed by atoms with Crippen LogP contribution in [0.1, 0.15) is 23.9 Å². The zero-order chi connectivity index (χ0) is 23.1. The molecule has 0 aliphatic rings. The summed E-state index contributed by atoms with van der Waals surface area (Å²) >= 11 is 0. The molecule has 8 heteroatoms. The summed E-state index contributed by atoms with van der Waals surface area (Å²) in [5.74, 6) is -0.961. The van der Waals surface area contributed by atoms with Crippen LogP contribution in [0.15, 0.2) is 47.2 Å². The SMILES string of the molecule is COc1ccc(-n2c(C)cc(/C=C(\C#N)C(=O)OCC(=O)/C(C#N)=C(\C)N)c2C)cc1. The Labute approximate surface area is 180 Å². The number of nitriles is 2. The van der Waals surface area contributed by atoms with Crippen molar-refractivity contribution in [2.45, 2.75) is 20.8 Å². The van der Waals surface area contributed by atoms with Crippen LogP contribution >= 0.6 is 0 Å². The van der Waals surface area contributed by atoms with Crippen LogP contribution in [0.25, 0.3) is 11.8 Å². The van der Waals surface area contributed by atoms with Crippen LogP contribution in [0.4, 0.5) is 0 Å². The van der Waals surface area contributed by atoms with Crippen molar-refractivity contribution in [1.29, 1.82) is 10.5 Å². The third-order valence-corrected chi connectivity index (χ3v) is 4.56. The average molecular weight is 418 g/mol. The summed E-state index contributed by atoms with van der Waals surface area (Å²) in [6.07, 6.45) is 1.41. The molecule has 0 atom stereocenters. The smallest absolute Gasteiger partial charge is 0.349 e. The lowest BCUT2D eigenvalue weighted by atomic mass is 10.1. The molecule has 1 heterocycles. The first-order valence-corrected chi connectivity index (χ1v) is 9.25. The Hall–Kier alpha value is -4.30. The molecule has 0 fully saturated rings. The van der Waals surface area contributed by atoms with Crippen LogP contribution in [0.3, 0.4) is 0 Å². The van der Waals surface area contributed by atoms with Gasteiger partial charge in [-0.15, -0.1) is 0 Å². The monoisotopic (exact) mass is 418 g/mol. The van der Waals surface area contributed by atoms with Crippen molar-refractivity contribution in [3.8, 4) is 23.6 Å². The summed E-state index contributed by atoms with van der Waals surface area (Å²) in [6.45, 7) is 4.49. The highest BCUT2D eigenvalue weighted by Crippen LogP contribution is 2.24. The number of benzene rings is 1. The van der Waals surface area contributed by atoms with Gasteiger partial charge in [-0.25, -0.2) is 4.79 Å². The van der Waals surface area contributed by atoms with Gasteiger partial charge in [-0.05, 0) is 62.7 Å². The summed E-state index contributed by atoms with van der Waals surface area (Å²) in [5, 5.41) is 18.3. The number of carbonyl (C=O) groups excluding carboxylic acids is 2. The van der Waals surface area contributed by atoms with Gasteiger partial charge in [-0.2, -0.15) is 10.5 Å². The molecule has 2 aromatic rings. The number of nitrogens with two attached hydrogens (primary N) is 1. The fourth-order valence-electron chi connectivity index (χ4n) is 3.01. The minimum Gasteiger partial charge on any atom is -0.497 e. The molecular weight excluding hydrogens is 396 g/mol. The molecule has 1 aromatic heterocycles. The minimum absolute atomic E-state index is 0.0329. The highest BCUT2D eigenvalue weighted by Gasteiger charge is 2.18. The molecule has 158 valence electrons. The molecule has 0 bridgehead atoms. The Balaban J connectivity index is 2.27. The second-order valence-corrected chi connectivity index (χ2v) is 6.70. The number of hydrogen-bond donors (Lipinski definition) is 1. The molecule has 2 rings (SSSR count). The largest absolute Gasteiger partial charge is 0.497 e. The van der Waals surface area contributed by atoms with Gasteiger partial charge in [0.05, 0.1) is 7.11 Å². The predicted octanol–water partition coefficient (Wildman–Crippen LogP) is 2.88. The number of aryl methyl sites for hydroxylation is 1. The summed E-state index contributed by atoms with van der Waals surface area (Å²) in [5.41, 5.74) is 8.21. The number of esters is 1. The van der Waals surface area contributed by atoms with E-state index < -0.39 is 18.4 Å². The number of nitrogens with zero attached hydrogens (tertiary/aromatic N) is 3. The predicted molar refractivity (Wildman–Crippen MR) is 114 cm³/mol. The maximum atomic E-state index is 12.3. The van der Waals surface area contributed by atoms with E-state index in [0.717, 1.165) is 22.8 Å². The van der Waals surface area contributed by atoms with E-state index in [4.69, 9.17) is 20.5 Å². The van der Waals surface area contributed by atoms with Crippen LogP contribution in [0.5, 0.6) is 5.75 Å². The van der Waals surface area contributed by atoms with Crippen LogP contribution in [-0.2, 0) is 14.3 Å². The third kappa shape index (κ3) is 5.20. The molecule has 0 saturated carbocycles. The Morgan fingerprint density at radius 1 is 1.16 bits per heavy atom. The van der Waals surface area contributed by atoms with Crippen molar-refractivity contribution >= 4 is 17.8 Å². The molecule has 1 aromatic carbocycles. The van der Waals surface area contributed by atoms with E-state index in [-0.39, 0.29) is 16.8 Å². The molecule has 8 nitrogen and oxygen atoms in total. The Morgan fingerprint density at radius 2 is 1.81 bits per heavy atom. The zero-order valence-electron chi connectivity index (χ0n) is 17.7. The van der Waals surface area contributed by atoms with Gasteiger partial charge in [-0.1, -0.05) is 0 Å². The van der Waals surface area contributed by atoms with Crippen molar-refractivity contribution in [1.82, 2.24) is 4.57 Å². The fourth-order valence-corrected chi connectivity index (χ4v) is 3.01. The quantitative estimate of drug-likeness (QED) is 0.415. The first kappa shape index (κ1) is 23.0. The summed E-state index contributed by atoms with van der Waals surface area (Å²) in [4.78, 5) is 24.2. The number of hydrogen-bond acceptors (Lipinski definition) is 7. The second kappa shape index (κ2) is 9.95. The number of Topliss-reactive ketones (excluding diaryl/α,β-unsaturated/α-hetero) is 1. The van der Waals surface area contributed by atoms with Crippen LogP contribution < -0.4 is 10.5 Å². The van der Waals surface area contributed by atoms with Gasteiger partial charge < -0.3 is 19.8 Å². The number of carbonyl (C=O) groups is 2. The fraction of sp³-hybridized carbons (Fsp3) is 0.217. The van der Waals surface area contributed by atoms with E-state index in [1.807, 2.05) is 48.7 Å². The number of rotatable bonds is 7. The average Bonchev–Trinajstić information content (AvgIpc) is 3.03. The molecule has 2 N–H and O–H groups in total. The first-order chi connectivity index (χ1) is 14.7. The molecular formula is C23H22N4O4. The Bertz CT molecular complexity index is 1150. The molecule has 0 saturated heterocycles. The number of methoxy groups -OCH3 is 1. The van der Waals surface area contributed by atoms with Crippen molar-refractivity contribution in [3.05, 3.63) is 64.1 Å². The lowest BCUT2D eigenvalue weighted by molar-refractivity contribution is -0.142. The van der Waals surface area contributed by atoms with Crippen molar-refractivity contribution in [2.24, 2.45) is 5.73 Å². The second-order valence-electron chi connectivity index (χ2n) is 6.70. The molecule has 31 heavy (non-hydrogen) atoms. The van der Waals surface area contributed by atoms with Crippen molar-refractivity contribution in [2.75, 3.05) is 13.7 Å². The number of aromatic nitrogens is 1. The van der Waals surface area contributed by atoms with E-state index in [9.17, 15) is 14.9 Å². The van der Waals surface area contributed by atoms with E-state index >= 15 is 0 Å². The summed E-state index contributed by atoms with van der Waals surface area (Å²) in [6, 6.07) is 12.8. The first-order valence-electron chi connectivity index (χ1n) is 9.25. The molecule has 0 amide bonds. The molecule has 0 spiro atoms. The van der Waals surface area contributed by atoms with E-state index in [1.54, 1.807) is 19.2 Å². The molecule has 0 radical (unpaired) electrons. The number of ketones is 1. The zero-order valence-corrected chi connectivity index (χ0v) is 17.7. The van der Waals surface area contributed by atoms with E-state index in [1.165, 1.54) is 13.0 Å². The number of allylic oxidation sites excluding steroid dienone is 1. The Kier molecular flexibility index (Phi) is 7.38. The maximum Gasteiger partial charge on any atom is 0.349 e. The van der Waals surface area contributed by atoms with Gasteiger partial charge >= 0.3 is 5.97 Å². The van der Waals surface area contributed by atoms with Gasteiger partial charge in [0.1, 0.15) is 29.0 Å². The normalized spacial score (nSPS) is 11.7. The highest BCUT2D eigenvalue weighted by atomic mass is 16.5. The van der Waals surface area contributed by atoms with Crippen molar-refractivity contribution < 1.29 is 19.1 Å². The number of ether oxygens (including phenoxy) is 2. The third-order valence-electron chi connectivity index (χ3n) is 4.56. The van der Waals surface area contributed by atoms with Gasteiger partial charge in [0.15, 0.2) is 6.61 Å². The highest BCUT2D eigenvalue weighted by molar-refractivity contribution is 6.03. The topological polar surface area (TPSA) is 131 Å². The van der Waals surface area contributed by atoms with Gasteiger partial charge in [-0.3, -0.25) is 4.79 Å². The molecule has 0 unspecified atom stereocenters. The lowest BCUT2D eigenvalue weighted by Crippen LogP contribution is -2.18. The van der Waals surface area contributed by atoms with Gasteiger partial charge in [0.2, 0.25) is 5.78 Å². The van der Waals surface area contributed by atoms with E-state index in [0.29, 0.717) is 5.56 Å². The minimum atomic E-state index is -0.961. The molecule has 0 aliphatic carbocycles. The standard InChI is InChI=1S/C23H22N4O4/c1-14-9-17(16(3)27(14)19-5-7-20(30-4)8-6-19)10-18(11-24)23(29)31-13-22(28)21(12-25)15(2)26/h5-10H,13,26H2,1-4H3/b18-10+,21-15+. The lowest BCUT2D eigenvalue weighted by Gasteiger charge is -2.10. The summed E-state index contributed by atoms with van der Waals surface area (Å²) in [7, 11) is 1.59. The summed E-state index contributed by atoms with van der Waals surface area (Å²) < 4.78 is 12.1. The van der Waals surface area contributed by atoms with Crippen LogP contribution in [0.2, 0.25) is 0 Å². The maximum absolute atomic E-state index is 12.3. The van der Waals surface area contributed by atoms with Crippen LogP contribution in [0, 0.1) is 36.5 Å². The van der Waals surface area contributed by atoms with Crippen molar-refractivity contribution in [3.63, 3.8) is 0 Å². The molecule has 0 aliphatic heterocycles.